The number of nitro benzene ring substituents is 1. The van der Waals surface area contributed by atoms with E-state index in [1.54, 1.807) is 4.90 Å². The van der Waals surface area contributed by atoms with Gasteiger partial charge in [-0.25, -0.2) is 0 Å². The van der Waals surface area contributed by atoms with Gasteiger partial charge in [-0.05, 0) is 36.8 Å². The van der Waals surface area contributed by atoms with Crippen molar-refractivity contribution >= 4 is 28.9 Å². The molecule has 128 valence electrons. The van der Waals surface area contributed by atoms with Crippen LogP contribution in [0.2, 0.25) is 0 Å². The Hall–Kier alpha value is -3.22. The van der Waals surface area contributed by atoms with Crippen molar-refractivity contribution in [1.29, 1.82) is 0 Å². The molecule has 25 heavy (non-hydrogen) atoms. The van der Waals surface area contributed by atoms with E-state index in [1.165, 1.54) is 24.3 Å². The summed E-state index contributed by atoms with van der Waals surface area (Å²) in [4.78, 5) is 36.4. The number of nitrogens with zero attached hydrogens (tertiary/aromatic N) is 2. The van der Waals surface area contributed by atoms with Gasteiger partial charge >= 0.3 is 0 Å². The van der Waals surface area contributed by atoms with E-state index < -0.39 is 10.8 Å². The number of carbonyl (C=O) groups is 2. The Bertz CT molecular complexity index is 832. The third-order valence-electron chi connectivity index (χ3n) is 4.15. The van der Waals surface area contributed by atoms with Crippen LogP contribution in [0.5, 0.6) is 0 Å². The predicted octanol–water partition coefficient (Wildman–Crippen LogP) is 2.89. The molecule has 1 N–H and O–H groups in total. The Kier molecular flexibility index (Phi) is 4.47. The third-order valence-corrected chi connectivity index (χ3v) is 4.15. The number of carbonyl (C=O) groups excluding carboxylic acids is 2. The second kappa shape index (κ2) is 6.72. The van der Waals surface area contributed by atoms with Crippen LogP contribution in [-0.2, 0) is 9.59 Å². The summed E-state index contributed by atoms with van der Waals surface area (Å²) in [6, 6.07) is 13.2. The van der Waals surface area contributed by atoms with Crippen LogP contribution in [0, 0.1) is 23.0 Å². The molecule has 3 rings (SSSR count). The fourth-order valence-corrected chi connectivity index (χ4v) is 2.84. The molecule has 0 saturated carbocycles. The van der Waals surface area contributed by atoms with E-state index in [0.29, 0.717) is 12.2 Å². The van der Waals surface area contributed by atoms with Crippen molar-refractivity contribution in [3.8, 4) is 0 Å². The van der Waals surface area contributed by atoms with Crippen LogP contribution in [0.25, 0.3) is 0 Å². The molecule has 1 saturated heterocycles. The highest BCUT2D eigenvalue weighted by molar-refractivity contribution is 6.03. The lowest BCUT2D eigenvalue weighted by atomic mass is 10.1. The molecule has 0 aromatic heterocycles. The minimum Gasteiger partial charge on any atom is -0.326 e. The summed E-state index contributed by atoms with van der Waals surface area (Å²) in [5.74, 6) is -0.810. The predicted molar refractivity (Wildman–Crippen MR) is 93.4 cm³/mol. The molecule has 7 heteroatoms. The van der Waals surface area contributed by atoms with Gasteiger partial charge < -0.3 is 10.2 Å². The molecule has 1 aliphatic heterocycles. The van der Waals surface area contributed by atoms with Crippen molar-refractivity contribution in [3.63, 3.8) is 0 Å². The number of hydrogen-bond donors (Lipinski definition) is 1. The van der Waals surface area contributed by atoms with Gasteiger partial charge in [0.15, 0.2) is 0 Å². The number of hydrogen-bond acceptors (Lipinski definition) is 4. The summed E-state index contributed by atoms with van der Waals surface area (Å²) >= 11 is 0. The lowest BCUT2D eigenvalue weighted by molar-refractivity contribution is -0.384. The average molecular weight is 339 g/mol. The minimum atomic E-state index is -0.499. The first kappa shape index (κ1) is 16.6. The largest absolute Gasteiger partial charge is 0.326 e. The Morgan fingerprint density at radius 1 is 1.24 bits per heavy atom. The topological polar surface area (TPSA) is 92.6 Å². The van der Waals surface area contributed by atoms with E-state index in [9.17, 15) is 19.7 Å². The van der Waals surface area contributed by atoms with Crippen molar-refractivity contribution in [2.24, 2.45) is 5.92 Å². The Morgan fingerprint density at radius 3 is 2.60 bits per heavy atom. The molecule has 2 amide bonds. The minimum absolute atomic E-state index is 0.0420. The average Bonchev–Trinajstić information content (AvgIpc) is 2.97. The second-order valence-corrected chi connectivity index (χ2v) is 6.04. The number of nitrogens with one attached hydrogen (secondary N) is 1. The monoisotopic (exact) mass is 339 g/mol. The summed E-state index contributed by atoms with van der Waals surface area (Å²) in [5.41, 5.74) is 2.26. The number of amides is 2. The molecular formula is C18H17N3O4. The van der Waals surface area contributed by atoms with Gasteiger partial charge in [-0.1, -0.05) is 12.1 Å². The molecule has 0 bridgehead atoms. The first-order valence-electron chi connectivity index (χ1n) is 7.86. The van der Waals surface area contributed by atoms with Crippen LogP contribution in [0.1, 0.15) is 12.0 Å². The zero-order chi connectivity index (χ0) is 18.0. The summed E-state index contributed by atoms with van der Waals surface area (Å²) in [7, 11) is 0. The van der Waals surface area contributed by atoms with Crippen molar-refractivity contribution in [1.82, 2.24) is 0 Å². The number of aryl methyl sites for hydroxylation is 1. The van der Waals surface area contributed by atoms with Gasteiger partial charge in [-0.15, -0.1) is 0 Å². The summed E-state index contributed by atoms with van der Waals surface area (Å²) in [6.45, 7) is 2.27. The summed E-state index contributed by atoms with van der Waals surface area (Å²) < 4.78 is 0. The Balaban J connectivity index is 1.67. The van der Waals surface area contributed by atoms with E-state index in [2.05, 4.69) is 5.32 Å². The first-order chi connectivity index (χ1) is 11.9. The highest BCUT2D eigenvalue weighted by Gasteiger charge is 2.35. The third kappa shape index (κ3) is 3.65. The van der Waals surface area contributed by atoms with Gasteiger partial charge in [0.2, 0.25) is 11.8 Å². The molecule has 2 aromatic rings. The van der Waals surface area contributed by atoms with Crippen LogP contribution in [0.15, 0.2) is 48.5 Å². The van der Waals surface area contributed by atoms with Crippen molar-refractivity contribution in [2.45, 2.75) is 13.3 Å². The van der Waals surface area contributed by atoms with E-state index >= 15 is 0 Å². The van der Waals surface area contributed by atoms with Crippen LogP contribution in [0.4, 0.5) is 17.1 Å². The quantitative estimate of drug-likeness (QED) is 0.685. The number of non-ortho nitro benzene ring substituents is 1. The van der Waals surface area contributed by atoms with Gasteiger partial charge in [-0.3, -0.25) is 19.7 Å². The molecule has 0 unspecified atom stereocenters. The molecular weight excluding hydrogens is 322 g/mol. The van der Waals surface area contributed by atoms with Gasteiger partial charge in [-0.2, -0.15) is 0 Å². The van der Waals surface area contributed by atoms with E-state index in [1.807, 2.05) is 31.2 Å². The number of nitro groups is 1. The standard InChI is InChI=1S/C18H17N3O4/c1-12-3-2-4-16(9-12)20-11-13(10-17(20)22)18(23)19-14-5-7-15(8-6-14)21(24)25/h2-9,13H,10-11H2,1H3,(H,19,23)/t13-/m1/s1. The fraction of sp³-hybridized carbons (Fsp3) is 0.222. The van der Waals surface area contributed by atoms with Gasteiger partial charge in [0, 0.05) is 36.5 Å². The highest BCUT2D eigenvalue weighted by atomic mass is 16.6. The highest BCUT2D eigenvalue weighted by Crippen LogP contribution is 2.27. The number of anilines is 2. The fourth-order valence-electron chi connectivity index (χ4n) is 2.84. The maximum absolute atomic E-state index is 12.4. The molecule has 7 nitrogen and oxygen atoms in total. The number of rotatable bonds is 4. The molecule has 0 spiro atoms. The van der Waals surface area contributed by atoms with E-state index in [-0.39, 0.29) is 23.9 Å². The van der Waals surface area contributed by atoms with Gasteiger partial charge in [0.1, 0.15) is 0 Å². The first-order valence-corrected chi connectivity index (χ1v) is 7.86. The molecule has 0 aliphatic carbocycles. The molecule has 1 heterocycles. The van der Waals surface area contributed by atoms with Crippen LogP contribution in [0.3, 0.4) is 0 Å². The SMILES string of the molecule is Cc1cccc(N2C[C@H](C(=O)Nc3ccc([N+](=O)[O-])cc3)CC2=O)c1. The molecule has 0 radical (unpaired) electrons. The van der Waals surface area contributed by atoms with E-state index in [0.717, 1.165) is 11.3 Å². The second-order valence-electron chi connectivity index (χ2n) is 6.04. The molecule has 1 aliphatic rings. The van der Waals surface area contributed by atoms with Crippen molar-refractivity contribution in [2.75, 3.05) is 16.8 Å². The zero-order valence-electron chi connectivity index (χ0n) is 13.6. The molecule has 1 atom stereocenters. The van der Waals surface area contributed by atoms with Gasteiger partial charge in [0.25, 0.3) is 5.69 Å². The summed E-state index contributed by atoms with van der Waals surface area (Å²) in [5, 5.41) is 13.4. The van der Waals surface area contributed by atoms with Gasteiger partial charge in [0.05, 0.1) is 10.8 Å². The van der Waals surface area contributed by atoms with Crippen LogP contribution < -0.4 is 10.2 Å². The lowest BCUT2D eigenvalue weighted by Gasteiger charge is -2.17. The maximum Gasteiger partial charge on any atom is 0.269 e. The van der Waals surface area contributed by atoms with Crippen molar-refractivity contribution in [3.05, 3.63) is 64.2 Å². The maximum atomic E-state index is 12.4. The lowest BCUT2D eigenvalue weighted by Crippen LogP contribution is -2.28. The van der Waals surface area contributed by atoms with Crippen LogP contribution >= 0.6 is 0 Å². The zero-order valence-corrected chi connectivity index (χ0v) is 13.6. The van der Waals surface area contributed by atoms with E-state index in [4.69, 9.17) is 0 Å². The Labute approximate surface area is 144 Å². The molecule has 1 fully saturated rings. The normalized spacial score (nSPS) is 16.8. The Morgan fingerprint density at radius 2 is 1.96 bits per heavy atom. The summed E-state index contributed by atoms with van der Waals surface area (Å²) in [6.07, 6.45) is 0.146. The number of benzene rings is 2. The van der Waals surface area contributed by atoms with Crippen molar-refractivity contribution < 1.29 is 14.5 Å². The molecule has 2 aromatic carbocycles. The van der Waals surface area contributed by atoms with Crippen LogP contribution in [-0.4, -0.2) is 23.3 Å². The smallest absolute Gasteiger partial charge is 0.269 e.